The first-order valence-electron chi connectivity index (χ1n) is 6.02. The molecule has 100 valence electrons. The molecule has 4 nitrogen and oxygen atoms in total. The van der Waals surface area contributed by atoms with E-state index >= 15 is 0 Å². The predicted octanol–water partition coefficient (Wildman–Crippen LogP) is 3.38. The highest BCUT2D eigenvalue weighted by molar-refractivity contribution is 5.49. The van der Waals surface area contributed by atoms with Crippen LogP contribution in [0.1, 0.15) is 13.3 Å². The van der Waals surface area contributed by atoms with Gasteiger partial charge in [0.05, 0.1) is 12.3 Å². The Morgan fingerprint density at radius 3 is 2.58 bits per heavy atom. The number of rotatable bonds is 5. The average Bonchev–Trinajstić information content (AvgIpc) is 2.42. The molecule has 0 atom stereocenters. The molecule has 0 aliphatic rings. The number of hydrogen-bond acceptors (Lipinski definition) is 4. The molecule has 0 bridgehead atoms. The SMILES string of the molecule is CCCOc1nc(Oc2ccc(F)cc2)ccc1N. The van der Waals surface area contributed by atoms with Gasteiger partial charge < -0.3 is 15.2 Å². The minimum atomic E-state index is -0.315. The van der Waals surface area contributed by atoms with E-state index in [0.29, 0.717) is 29.8 Å². The summed E-state index contributed by atoms with van der Waals surface area (Å²) in [6.07, 6.45) is 0.865. The third-order valence-corrected chi connectivity index (χ3v) is 2.34. The van der Waals surface area contributed by atoms with Crippen molar-refractivity contribution in [3.05, 3.63) is 42.2 Å². The first-order valence-corrected chi connectivity index (χ1v) is 6.02. The minimum Gasteiger partial charge on any atom is -0.476 e. The molecule has 0 saturated carbocycles. The number of nitrogen functional groups attached to an aromatic ring is 1. The van der Waals surface area contributed by atoms with Gasteiger partial charge in [0, 0.05) is 6.07 Å². The predicted molar refractivity (Wildman–Crippen MR) is 70.9 cm³/mol. The molecule has 2 N–H and O–H groups in total. The zero-order valence-corrected chi connectivity index (χ0v) is 10.6. The smallest absolute Gasteiger partial charge is 0.240 e. The molecular weight excluding hydrogens is 247 g/mol. The Hall–Kier alpha value is -2.30. The molecule has 0 unspecified atom stereocenters. The number of pyridine rings is 1. The molecule has 5 heteroatoms. The topological polar surface area (TPSA) is 57.4 Å². The quantitative estimate of drug-likeness (QED) is 0.897. The minimum absolute atomic E-state index is 0.315. The van der Waals surface area contributed by atoms with Crippen molar-refractivity contribution in [3.63, 3.8) is 0 Å². The molecule has 0 fully saturated rings. The van der Waals surface area contributed by atoms with Crippen LogP contribution in [0.3, 0.4) is 0 Å². The van der Waals surface area contributed by atoms with Gasteiger partial charge in [0.15, 0.2) is 0 Å². The summed E-state index contributed by atoms with van der Waals surface area (Å²) < 4.78 is 23.7. The zero-order valence-electron chi connectivity index (χ0n) is 10.6. The van der Waals surface area contributed by atoms with E-state index in [1.54, 1.807) is 12.1 Å². The summed E-state index contributed by atoms with van der Waals surface area (Å²) in [5.41, 5.74) is 6.21. The Labute approximate surface area is 111 Å². The van der Waals surface area contributed by atoms with Gasteiger partial charge in [-0.3, -0.25) is 0 Å². The third kappa shape index (κ3) is 3.58. The van der Waals surface area contributed by atoms with Crippen molar-refractivity contribution < 1.29 is 13.9 Å². The Balaban J connectivity index is 2.14. The highest BCUT2D eigenvalue weighted by Gasteiger charge is 2.06. The second-order valence-electron chi connectivity index (χ2n) is 3.95. The summed E-state index contributed by atoms with van der Waals surface area (Å²) >= 11 is 0. The second-order valence-corrected chi connectivity index (χ2v) is 3.95. The van der Waals surface area contributed by atoms with Crippen LogP contribution < -0.4 is 15.2 Å². The molecule has 2 rings (SSSR count). The molecule has 0 aliphatic heterocycles. The lowest BCUT2D eigenvalue weighted by molar-refractivity contribution is 0.302. The van der Waals surface area contributed by atoms with E-state index in [-0.39, 0.29) is 5.82 Å². The van der Waals surface area contributed by atoms with Crippen LogP contribution in [0.5, 0.6) is 17.5 Å². The monoisotopic (exact) mass is 262 g/mol. The number of nitrogens with two attached hydrogens (primary N) is 1. The summed E-state index contributed by atoms with van der Waals surface area (Å²) in [5.74, 6) is 0.887. The van der Waals surface area contributed by atoms with Crippen LogP contribution >= 0.6 is 0 Å². The molecule has 0 spiro atoms. The van der Waals surface area contributed by atoms with Crippen molar-refractivity contribution in [2.75, 3.05) is 12.3 Å². The van der Waals surface area contributed by atoms with Crippen molar-refractivity contribution in [2.45, 2.75) is 13.3 Å². The molecular formula is C14H15FN2O2. The number of ether oxygens (including phenoxy) is 2. The van der Waals surface area contributed by atoms with Gasteiger partial charge in [0.1, 0.15) is 11.6 Å². The Bertz CT molecular complexity index is 544. The summed E-state index contributed by atoms with van der Waals surface area (Å²) in [6.45, 7) is 2.53. The Morgan fingerprint density at radius 1 is 1.16 bits per heavy atom. The number of benzene rings is 1. The van der Waals surface area contributed by atoms with Gasteiger partial charge in [-0.25, -0.2) is 4.39 Å². The maximum atomic E-state index is 12.8. The number of nitrogens with zero attached hydrogens (tertiary/aromatic N) is 1. The largest absolute Gasteiger partial charge is 0.476 e. The molecule has 19 heavy (non-hydrogen) atoms. The van der Waals surface area contributed by atoms with Crippen molar-refractivity contribution >= 4 is 5.69 Å². The molecule has 0 amide bonds. The van der Waals surface area contributed by atoms with Crippen LogP contribution in [0.15, 0.2) is 36.4 Å². The first kappa shape index (κ1) is 13.1. The summed E-state index contributed by atoms with van der Waals surface area (Å²) in [4.78, 5) is 4.16. The summed E-state index contributed by atoms with van der Waals surface area (Å²) in [6, 6.07) is 9.00. The normalized spacial score (nSPS) is 10.2. The molecule has 2 aromatic rings. The van der Waals surface area contributed by atoms with Gasteiger partial charge in [-0.2, -0.15) is 4.98 Å². The van der Waals surface area contributed by atoms with E-state index < -0.39 is 0 Å². The van der Waals surface area contributed by atoms with Crippen LogP contribution in [0.25, 0.3) is 0 Å². The van der Waals surface area contributed by atoms with E-state index in [2.05, 4.69) is 4.98 Å². The highest BCUT2D eigenvalue weighted by Crippen LogP contribution is 2.26. The first-order chi connectivity index (χ1) is 9.19. The number of anilines is 1. The highest BCUT2D eigenvalue weighted by atomic mass is 19.1. The van der Waals surface area contributed by atoms with E-state index in [4.69, 9.17) is 15.2 Å². The fourth-order valence-corrected chi connectivity index (χ4v) is 1.43. The third-order valence-electron chi connectivity index (χ3n) is 2.34. The van der Waals surface area contributed by atoms with E-state index in [0.717, 1.165) is 6.42 Å². The number of hydrogen-bond donors (Lipinski definition) is 1. The maximum absolute atomic E-state index is 12.8. The van der Waals surface area contributed by atoms with Crippen LogP contribution in [-0.2, 0) is 0 Å². The second kappa shape index (κ2) is 6.04. The fourth-order valence-electron chi connectivity index (χ4n) is 1.43. The van der Waals surface area contributed by atoms with Crippen molar-refractivity contribution in [1.82, 2.24) is 4.98 Å². The molecule has 0 aliphatic carbocycles. The van der Waals surface area contributed by atoms with Crippen molar-refractivity contribution in [2.24, 2.45) is 0 Å². The molecule has 1 aromatic heterocycles. The zero-order chi connectivity index (χ0) is 13.7. The van der Waals surface area contributed by atoms with E-state index in [1.165, 1.54) is 24.3 Å². The van der Waals surface area contributed by atoms with Crippen LogP contribution in [-0.4, -0.2) is 11.6 Å². The van der Waals surface area contributed by atoms with Crippen LogP contribution in [0.4, 0.5) is 10.1 Å². The van der Waals surface area contributed by atoms with Crippen LogP contribution in [0.2, 0.25) is 0 Å². The van der Waals surface area contributed by atoms with Gasteiger partial charge in [-0.15, -0.1) is 0 Å². The van der Waals surface area contributed by atoms with Gasteiger partial charge in [-0.1, -0.05) is 6.92 Å². The van der Waals surface area contributed by atoms with E-state index in [1.807, 2.05) is 6.92 Å². The summed E-state index contributed by atoms with van der Waals surface area (Å²) in [7, 11) is 0. The number of halogens is 1. The van der Waals surface area contributed by atoms with Crippen molar-refractivity contribution in [3.8, 4) is 17.5 Å². The molecule has 1 aromatic carbocycles. The van der Waals surface area contributed by atoms with Gasteiger partial charge in [0.2, 0.25) is 11.8 Å². The lowest BCUT2D eigenvalue weighted by Crippen LogP contribution is -2.02. The lowest BCUT2D eigenvalue weighted by atomic mass is 10.3. The van der Waals surface area contributed by atoms with Gasteiger partial charge >= 0.3 is 0 Å². The van der Waals surface area contributed by atoms with Gasteiger partial charge in [0.25, 0.3) is 0 Å². The summed E-state index contributed by atoms with van der Waals surface area (Å²) in [5, 5.41) is 0. The van der Waals surface area contributed by atoms with Crippen LogP contribution in [0, 0.1) is 5.82 Å². The number of aromatic nitrogens is 1. The fraction of sp³-hybridized carbons (Fsp3) is 0.214. The Kier molecular flexibility index (Phi) is 4.18. The molecule has 0 saturated heterocycles. The average molecular weight is 262 g/mol. The standard InChI is InChI=1S/C14H15FN2O2/c1-2-9-18-14-12(16)7-8-13(17-14)19-11-5-3-10(15)4-6-11/h3-8H,2,9,16H2,1H3. The molecule has 1 heterocycles. The van der Waals surface area contributed by atoms with Gasteiger partial charge in [-0.05, 0) is 36.8 Å². The Morgan fingerprint density at radius 2 is 1.89 bits per heavy atom. The maximum Gasteiger partial charge on any atom is 0.240 e. The molecule has 0 radical (unpaired) electrons. The van der Waals surface area contributed by atoms with E-state index in [9.17, 15) is 4.39 Å². The van der Waals surface area contributed by atoms with Crippen molar-refractivity contribution in [1.29, 1.82) is 0 Å². The lowest BCUT2D eigenvalue weighted by Gasteiger charge is -2.09.